The van der Waals surface area contributed by atoms with E-state index in [0.29, 0.717) is 0 Å². The number of hydrogen-bond donors (Lipinski definition) is 1. The molecule has 0 aliphatic heterocycles. The zero-order chi connectivity index (χ0) is 11.5. The van der Waals surface area contributed by atoms with E-state index in [2.05, 4.69) is 28.5 Å². The molecule has 0 radical (unpaired) electrons. The first kappa shape index (κ1) is 10.1. The maximum absolute atomic E-state index is 5.43. The zero-order valence-corrected chi connectivity index (χ0v) is 10.7. The number of nitrogens with one attached hydrogen (secondary N) is 1. The molecule has 0 unspecified atom stereocenters. The SMILES string of the molecule is CCn1nc(C)c2[nH]c(=S)n(C3(C)CC3)c21. The Morgan fingerprint density at radius 2 is 2.19 bits per heavy atom. The lowest BCUT2D eigenvalue weighted by Crippen LogP contribution is -2.15. The lowest BCUT2D eigenvalue weighted by atomic mass is 10.3. The fourth-order valence-corrected chi connectivity index (χ4v) is 2.74. The van der Waals surface area contributed by atoms with E-state index in [1.54, 1.807) is 0 Å². The Kier molecular flexibility index (Phi) is 1.87. The Balaban J connectivity index is 2.42. The fraction of sp³-hybridized carbons (Fsp3) is 0.636. The van der Waals surface area contributed by atoms with E-state index in [-0.39, 0.29) is 5.54 Å². The Labute approximate surface area is 99.3 Å². The third kappa shape index (κ3) is 1.15. The summed E-state index contributed by atoms with van der Waals surface area (Å²) >= 11 is 5.43. The van der Waals surface area contributed by atoms with Gasteiger partial charge in [0.15, 0.2) is 10.4 Å². The maximum Gasteiger partial charge on any atom is 0.179 e. The van der Waals surface area contributed by atoms with Gasteiger partial charge in [0, 0.05) is 12.1 Å². The van der Waals surface area contributed by atoms with Crippen molar-refractivity contribution >= 4 is 23.4 Å². The monoisotopic (exact) mass is 236 g/mol. The zero-order valence-electron chi connectivity index (χ0n) is 9.87. The lowest BCUT2D eigenvalue weighted by Gasteiger charge is -2.12. The van der Waals surface area contributed by atoms with Crippen molar-refractivity contribution in [1.82, 2.24) is 19.3 Å². The van der Waals surface area contributed by atoms with Crippen LogP contribution in [-0.2, 0) is 12.1 Å². The number of imidazole rings is 1. The standard InChI is InChI=1S/C11H16N4S/c1-4-14-9-8(7(2)13-14)12-10(16)15(9)11(3)5-6-11/h4-6H2,1-3H3,(H,12,16). The van der Waals surface area contributed by atoms with E-state index < -0.39 is 0 Å². The summed E-state index contributed by atoms with van der Waals surface area (Å²) in [5.41, 5.74) is 3.50. The number of aromatic nitrogens is 4. The summed E-state index contributed by atoms with van der Waals surface area (Å²) in [5, 5.41) is 4.53. The molecular weight excluding hydrogens is 220 g/mol. The van der Waals surface area contributed by atoms with Crippen molar-refractivity contribution in [3.8, 4) is 0 Å². The maximum atomic E-state index is 5.43. The van der Waals surface area contributed by atoms with E-state index in [4.69, 9.17) is 12.2 Å². The van der Waals surface area contributed by atoms with Gasteiger partial charge in [-0.15, -0.1) is 0 Å². The van der Waals surface area contributed by atoms with Crippen LogP contribution < -0.4 is 0 Å². The lowest BCUT2D eigenvalue weighted by molar-refractivity contribution is 0.519. The van der Waals surface area contributed by atoms with Crippen molar-refractivity contribution in [1.29, 1.82) is 0 Å². The van der Waals surface area contributed by atoms with Crippen LogP contribution in [0.1, 0.15) is 32.4 Å². The van der Waals surface area contributed by atoms with Gasteiger partial charge < -0.3 is 4.98 Å². The van der Waals surface area contributed by atoms with Crippen LogP contribution in [0.15, 0.2) is 0 Å². The molecule has 4 nitrogen and oxygen atoms in total. The first-order chi connectivity index (χ1) is 7.57. The first-order valence-corrected chi connectivity index (χ1v) is 6.16. The van der Waals surface area contributed by atoms with Crippen molar-refractivity contribution in [3.63, 3.8) is 0 Å². The second-order valence-corrected chi connectivity index (χ2v) is 5.25. The minimum Gasteiger partial charge on any atom is -0.328 e. The fourth-order valence-electron chi connectivity index (χ4n) is 2.33. The summed E-state index contributed by atoms with van der Waals surface area (Å²) in [7, 11) is 0. The van der Waals surface area contributed by atoms with Gasteiger partial charge in [-0.2, -0.15) is 5.10 Å². The smallest absolute Gasteiger partial charge is 0.179 e. The van der Waals surface area contributed by atoms with Crippen LogP contribution in [-0.4, -0.2) is 19.3 Å². The van der Waals surface area contributed by atoms with Crippen molar-refractivity contribution in [2.75, 3.05) is 0 Å². The third-order valence-corrected chi connectivity index (χ3v) is 3.85. The number of aryl methyl sites for hydroxylation is 2. The Hall–Kier alpha value is -1.10. The molecule has 1 fully saturated rings. The molecule has 0 amide bonds. The summed E-state index contributed by atoms with van der Waals surface area (Å²) in [6, 6.07) is 0. The van der Waals surface area contributed by atoms with Crippen LogP contribution in [0.2, 0.25) is 0 Å². The highest BCUT2D eigenvalue weighted by Crippen LogP contribution is 2.45. The van der Waals surface area contributed by atoms with Crippen LogP contribution in [0.3, 0.4) is 0 Å². The molecule has 2 heterocycles. The summed E-state index contributed by atoms with van der Waals surface area (Å²) in [6.07, 6.45) is 2.42. The van der Waals surface area contributed by atoms with Gasteiger partial charge in [0.05, 0.1) is 5.69 Å². The summed E-state index contributed by atoms with van der Waals surface area (Å²) in [5.74, 6) is 0. The summed E-state index contributed by atoms with van der Waals surface area (Å²) < 4.78 is 5.12. The highest BCUT2D eigenvalue weighted by molar-refractivity contribution is 7.71. The number of aromatic amines is 1. The van der Waals surface area contributed by atoms with Gasteiger partial charge >= 0.3 is 0 Å². The molecule has 5 heteroatoms. The summed E-state index contributed by atoms with van der Waals surface area (Å²) in [6.45, 7) is 7.28. The van der Waals surface area contributed by atoms with E-state index in [1.165, 1.54) is 12.8 Å². The van der Waals surface area contributed by atoms with Crippen LogP contribution in [0, 0.1) is 11.7 Å². The Morgan fingerprint density at radius 1 is 1.50 bits per heavy atom. The van der Waals surface area contributed by atoms with E-state index >= 15 is 0 Å². The average Bonchev–Trinajstić information content (AvgIpc) is 2.75. The average molecular weight is 236 g/mol. The van der Waals surface area contributed by atoms with Crippen LogP contribution in [0.4, 0.5) is 0 Å². The molecule has 2 aromatic heterocycles. The molecule has 0 atom stereocenters. The van der Waals surface area contributed by atoms with Gasteiger partial charge in [0.1, 0.15) is 5.52 Å². The third-order valence-electron chi connectivity index (χ3n) is 3.56. The number of rotatable bonds is 2. The summed E-state index contributed by atoms with van der Waals surface area (Å²) in [4.78, 5) is 3.29. The van der Waals surface area contributed by atoms with Gasteiger partial charge in [0.2, 0.25) is 0 Å². The molecule has 1 aliphatic carbocycles. The predicted octanol–water partition coefficient (Wildman–Crippen LogP) is 2.73. The molecule has 16 heavy (non-hydrogen) atoms. The second kappa shape index (κ2) is 2.97. The predicted molar refractivity (Wildman–Crippen MR) is 66.2 cm³/mol. The van der Waals surface area contributed by atoms with Gasteiger partial charge in [-0.1, -0.05) is 0 Å². The highest BCUT2D eigenvalue weighted by atomic mass is 32.1. The van der Waals surface area contributed by atoms with Gasteiger partial charge in [-0.05, 0) is 45.8 Å². The molecular formula is C11H16N4S. The van der Waals surface area contributed by atoms with Crippen molar-refractivity contribution in [2.24, 2.45) is 0 Å². The molecule has 0 bridgehead atoms. The normalized spacial score (nSPS) is 18.2. The number of nitrogens with zero attached hydrogens (tertiary/aromatic N) is 3. The van der Waals surface area contributed by atoms with E-state index in [9.17, 15) is 0 Å². The molecule has 0 spiro atoms. The molecule has 2 aromatic rings. The molecule has 1 N–H and O–H groups in total. The Bertz CT molecular complexity index is 612. The van der Waals surface area contributed by atoms with Crippen molar-refractivity contribution in [2.45, 2.75) is 45.7 Å². The quantitative estimate of drug-likeness (QED) is 0.814. The largest absolute Gasteiger partial charge is 0.328 e. The van der Waals surface area contributed by atoms with E-state index in [0.717, 1.165) is 28.2 Å². The van der Waals surface area contributed by atoms with Crippen LogP contribution >= 0.6 is 12.2 Å². The minimum absolute atomic E-state index is 0.217. The van der Waals surface area contributed by atoms with Crippen molar-refractivity contribution in [3.05, 3.63) is 10.5 Å². The first-order valence-electron chi connectivity index (χ1n) is 5.75. The van der Waals surface area contributed by atoms with Crippen molar-refractivity contribution < 1.29 is 0 Å². The number of H-pyrrole nitrogens is 1. The van der Waals surface area contributed by atoms with Gasteiger partial charge in [-0.25, -0.2) is 4.68 Å². The highest BCUT2D eigenvalue weighted by Gasteiger charge is 2.41. The van der Waals surface area contributed by atoms with Crippen LogP contribution in [0.25, 0.3) is 11.2 Å². The molecule has 3 rings (SSSR count). The van der Waals surface area contributed by atoms with E-state index in [1.807, 2.05) is 11.6 Å². The molecule has 1 aliphatic rings. The minimum atomic E-state index is 0.217. The topological polar surface area (TPSA) is 38.5 Å². The molecule has 0 saturated heterocycles. The molecule has 0 aromatic carbocycles. The van der Waals surface area contributed by atoms with Crippen LogP contribution in [0.5, 0.6) is 0 Å². The number of fused-ring (bicyclic) bond motifs is 1. The molecule has 1 saturated carbocycles. The molecule has 86 valence electrons. The van der Waals surface area contributed by atoms with Gasteiger partial charge in [0.25, 0.3) is 0 Å². The Morgan fingerprint density at radius 3 is 2.75 bits per heavy atom. The van der Waals surface area contributed by atoms with Gasteiger partial charge in [-0.3, -0.25) is 4.57 Å². The second-order valence-electron chi connectivity index (χ2n) is 4.86. The number of hydrogen-bond acceptors (Lipinski definition) is 2.